The molecule has 0 radical (unpaired) electrons. The van der Waals surface area contributed by atoms with Crippen molar-refractivity contribution >= 4 is 29.6 Å². The lowest BCUT2D eigenvalue weighted by molar-refractivity contribution is 0.843. The van der Waals surface area contributed by atoms with Gasteiger partial charge < -0.3 is 0 Å². The summed E-state index contributed by atoms with van der Waals surface area (Å²) in [5.41, 5.74) is 0. The Morgan fingerprint density at radius 2 is 2.25 bits per heavy atom. The van der Waals surface area contributed by atoms with E-state index in [0.29, 0.717) is 6.04 Å². The predicted molar refractivity (Wildman–Crippen MR) is 38.4 cm³/mol. The van der Waals surface area contributed by atoms with Gasteiger partial charge in [0, 0.05) is 5.92 Å². The first-order valence-corrected chi connectivity index (χ1v) is 6.65. The Hall–Kier alpha value is 0.287. The number of rotatable bonds is 2. The molecule has 0 amide bonds. The van der Waals surface area contributed by atoms with E-state index < -0.39 is 7.42 Å². The van der Waals surface area contributed by atoms with Crippen LogP contribution in [0.25, 0.3) is 0 Å². The summed E-state index contributed by atoms with van der Waals surface area (Å²) in [7, 11) is -1.52. The van der Waals surface area contributed by atoms with Crippen LogP contribution in [0.1, 0.15) is 6.92 Å². The molecule has 0 aromatic carbocycles. The fourth-order valence-corrected chi connectivity index (χ4v) is 2.56. The number of hydrogen-bond acceptors (Lipinski definition) is 1. The van der Waals surface area contributed by atoms with Crippen LogP contribution in [0.3, 0.4) is 0 Å². The summed E-state index contributed by atoms with van der Waals surface area (Å²) in [4.78, 5) is 0. The highest BCUT2D eigenvalue weighted by Crippen LogP contribution is 2.10. The van der Waals surface area contributed by atoms with Gasteiger partial charge in [-0.05, 0) is 13.0 Å². The molecule has 0 rings (SSSR count). The molecule has 0 saturated heterocycles. The van der Waals surface area contributed by atoms with Crippen LogP contribution in [0.2, 0.25) is 6.04 Å². The molecule has 0 bridgehead atoms. The molecule has 46 valence electrons. The quantitative estimate of drug-likeness (QED) is 0.456. The average Bonchev–Trinajstić information content (AvgIpc) is 1.65. The highest BCUT2D eigenvalue weighted by atomic mass is 35.7. The summed E-state index contributed by atoms with van der Waals surface area (Å²) in [5.74, 6) is 0.0293. The minimum absolute atomic E-state index is 0.0293. The zero-order chi connectivity index (χ0) is 6.57. The van der Waals surface area contributed by atoms with Gasteiger partial charge in [0.2, 0.25) is 7.42 Å². The lowest BCUT2D eigenvalue weighted by atomic mass is 10.3. The SMILES string of the molecule is CC(C#N)C[SiH](Cl)Cl. The third kappa shape index (κ3) is 4.45. The molecule has 0 spiro atoms. The van der Waals surface area contributed by atoms with Gasteiger partial charge in [-0.1, -0.05) is 0 Å². The third-order valence-electron chi connectivity index (χ3n) is 0.752. The average molecular weight is 168 g/mol. The van der Waals surface area contributed by atoms with Crippen molar-refractivity contribution in [3.63, 3.8) is 0 Å². The largest absolute Gasteiger partial charge is 0.238 e. The summed E-state index contributed by atoms with van der Waals surface area (Å²) >= 11 is 11.0. The first-order chi connectivity index (χ1) is 3.66. The Morgan fingerprint density at radius 3 is 2.38 bits per heavy atom. The number of halogens is 2. The van der Waals surface area contributed by atoms with Crippen LogP contribution in [-0.2, 0) is 0 Å². The fraction of sp³-hybridized carbons (Fsp3) is 0.750. The molecule has 0 fully saturated rings. The molecule has 0 aromatic heterocycles. The maximum Gasteiger partial charge on any atom is 0.238 e. The molecule has 8 heavy (non-hydrogen) atoms. The van der Waals surface area contributed by atoms with E-state index >= 15 is 0 Å². The Bertz CT molecular complexity index is 98.7. The zero-order valence-electron chi connectivity index (χ0n) is 4.56. The second-order valence-electron chi connectivity index (χ2n) is 1.66. The number of hydrogen-bond donors (Lipinski definition) is 0. The van der Waals surface area contributed by atoms with Crippen LogP contribution in [0.15, 0.2) is 0 Å². The molecular formula is C4H7Cl2NSi. The Kier molecular flexibility index (Phi) is 4.34. The van der Waals surface area contributed by atoms with Crippen LogP contribution in [-0.4, -0.2) is 7.42 Å². The van der Waals surface area contributed by atoms with Gasteiger partial charge in [-0.2, -0.15) is 27.4 Å². The second kappa shape index (κ2) is 4.19. The monoisotopic (exact) mass is 167 g/mol. The van der Waals surface area contributed by atoms with E-state index in [1.807, 2.05) is 6.92 Å². The maximum absolute atomic E-state index is 8.24. The highest BCUT2D eigenvalue weighted by molar-refractivity contribution is 7.33. The summed E-state index contributed by atoms with van der Waals surface area (Å²) < 4.78 is 0. The molecule has 0 saturated carbocycles. The van der Waals surface area contributed by atoms with Crippen LogP contribution in [0, 0.1) is 17.2 Å². The van der Waals surface area contributed by atoms with Crippen molar-refractivity contribution in [2.24, 2.45) is 5.92 Å². The topological polar surface area (TPSA) is 23.8 Å². The predicted octanol–water partition coefficient (Wildman–Crippen LogP) is 1.84. The first kappa shape index (κ1) is 8.29. The fourth-order valence-electron chi connectivity index (χ4n) is 0.320. The zero-order valence-corrected chi connectivity index (χ0v) is 7.23. The molecule has 1 nitrogen and oxygen atoms in total. The van der Waals surface area contributed by atoms with Crippen molar-refractivity contribution in [1.82, 2.24) is 0 Å². The van der Waals surface area contributed by atoms with Crippen molar-refractivity contribution < 1.29 is 0 Å². The van der Waals surface area contributed by atoms with Gasteiger partial charge in [-0.3, -0.25) is 0 Å². The molecule has 0 aliphatic rings. The molecular weight excluding hydrogens is 161 g/mol. The van der Waals surface area contributed by atoms with Crippen molar-refractivity contribution in [2.45, 2.75) is 13.0 Å². The molecule has 0 aliphatic heterocycles. The molecule has 4 heteroatoms. The lowest BCUT2D eigenvalue weighted by Crippen LogP contribution is -1.98. The third-order valence-corrected chi connectivity index (χ3v) is 2.88. The van der Waals surface area contributed by atoms with E-state index in [4.69, 9.17) is 27.4 Å². The molecule has 0 heterocycles. The van der Waals surface area contributed by atoms with Crippen LogP contribution in [0.5, 0.6) is 0 Å². The lowest BCUT2D eigenvalue weighted by Gasteiger charge is -1.97. The van der Waals surface area contributed by atoms with E-state index in [1.165, 1.54) is 0 Å². The van der Waals surface area contributed by atoms with Crippen molar-refractivity contribution in [1.29, 1.82) is 5.26 Å². The smallest absolute Gasteiger partial charge is 0.198 e. The van der Waals surface area contributed by atoms with Crippen molar-refractivity contribution in [3.05, 3.63) is 0 Å². The first-order valence-electron chi connectivity index (χ1n) is 2.34. The van der Waals surface area contributed by atoms with E-state index in [9.17, 15) is 0 Å². The minimum atomic E-state index is -1.52. The number of nitriles is 1. The van der Waals surface area contributed by atoms with E-state index in [2.05, 4.69) is 6.07 Å². The van der Waals surface area contributed by atoms with Crippen LogP contribution >= 0.6 is 22.2 Å². The Labute approximate surface area is 60.2 Å². The summed E-state index contributed by atoms with van der Waals surface area (Å²) in [6.07, 6.45) is 0. The van der Waals surface area contributed by atoms with Gasteiger partial charge in [-0.25, -0.2) is 0 Å². The van der Waals surface area contributed by atoms with Gasteiger partial charge >= 0.3 is 0 Å². The normalized spacial score (nSPS) is 13.4. The molecule has 1 unspecified atom stereocenters. The Morgan fingerprint density at radius 1 is 1.75 bits per heavy atom. The molecule has 1 atom stereocenters. The summed E-state index contributed by atoms with van der Waals surface area (Å²) in [6.45, 7) is 1.82. The Balaban J connectivity index is 3.28. The van der Waals surface area contributed by atoms with Gasteiger partial charge in [0.25, 0.3) is 0 Å². The molecule has 0 aromatic rings. The van der Waals surface area contributed by atoms with Gasteiger partial charge in [0.1, 0.15) is 0 Å². The highest BCUT2D eigenvalue weighted by Gasteiger charge is 2.07. The molecule has 0 aliphatic carbocycles. The summed E-state index contributed by atoms with van der Waals surface area (Å²) in [6, 6.07) is 2.76. The van der Waals surface area contributed by atoms with Crippen LogP contribution in [0.4, 0.5) is 0 Å². The van der Waals surface area contributed by atoms with E-state index in [0.717, 1.165) is 0 Å². The number of nitrogens with zero attached hydrogens (tertiary/aromatic N) is 1. The molecule has 0 N–H and O–H groups in total. The minimum Gasteiger partial charge on any atom is -0.198 e. The maximum atomic E-state index is 8.24. The van der Waals surface area contributed by atoms with E-state index in [-0.39, 0.29) is 5.92 Å². The second-order valence-corrected chi connectivity index (χ2v) is 6.74. The summed E-state index contributed by atoms with van der Waals surface area (Å²) in [5, 5.41) is 8.24. The van der Waals surface area contributed by atoms with Crippen molar-refractivity contribution in [3.8, 4) is 6.07 Å². The van der Waals surface area contributed by atoms with Crippen LogP contribution < -0.4 is 0 Å². The van der Waals surface area contributed by atoms with Gasteiger partial charge in [0.15, 0.2) is 0 Å². The van der Waals surface area contributed by atoms with Crippen molar-refractivity contribution in [2.75, 3.05) is 0 Å². The van der Waals surface area contributed by atoms with E-state index in [1.54, 1.807) is 0 Å². The van der Waals surface area contributed by atoms with Gasteiger partial charge in [0.05, 0.1) is 6.07 Å². The standard InChI is InChI=1S/C4H7Cl2NSi/c1-4(2-7)3-8(5)6/h4,8H,3H2,1H3. The van der Waals surface area contributed by atoms with Gasteiger partial charge in [-0.15, -0.1) is 0 Å².